The minimum Gasteiger partial charge on any atom is -0.497 e. The molecule has 1 amide bonds. The maximum atomic E-state index is 12.9. The normalized spacial score (nSPS) is 20.3. The summed E-state index contributed by atoms with van der Waals surface area (Å²) in [5.41, 5.74) is 0.855. The van der Waals surface area contributed by atoms with Gasteiger partial charge in [-0.1, -0.05) is 55.9 Å². The fourth-order valence-corrected chi connectivity index (χ4v) is 4.97. The minimum atomic E-state index is -0.654. The number of para-hydroxylation sites is 1. The number of amides is 1. The van der Waals surface area contributed by atoms with Crippen molar-refractivity contribution in [2.45, 2.75) is 37.9 Å². The zero-order valence-corrected chi connectivity index (χ0v) is 19.1. The number of carbonyl (C=O) groups is 2. The number of likely N-dealkylation sites (tertiary alicyclic amines) is 1. The van der Waals surface area contributed by atoms with E-state index in [1.54, 1.807) is 12.0 Å². The second-order valence-corrected chi connectivity index (χ2v) is 9.16. The molecule has 1 saturated heterocycles. The van der Waals surface area contributed by atoms with Crippen LogP contribution in [0.2, 0.25) is 0 Å². The van der Waals surface area contributed by atoms with Gasteiger partial charge in [-0.2, -0.15) is 0 Å². The molecule has 2 aliphatic heterocycles. The summed E-state index contributed by atoms with van der Waals surface area (Å²) < 4.78 is 16.5. The summed E-state index contributed by atoms with van der Waals surface area (Å²) in [6.07, 6.45) is 0. The summed E-state index contributed by atoms with van der Waals surface area (Å²) >= 11 is 1.48. The fraction of sp³-hybridized carbons (Fsp3) is 0.375. The van der Waals surface area contributed by atoms with Crippen LogP contribution in [0.3, 0.4) is 0 Å². The van der Waals surface area contributed by atoms with Gasteiger partial charge in [0.05, 0.1) is 7.11 Å². The third kappa shape index (κ3) is 4.60. The average Bonchev–Trinajstić information content (AvgIpc) is 3.19. The van der Waals surface area contributed by atoms with Gasteiger partial charge in [-0.15, -0.1) is 0 Å². The highest BCUT2D eigenvalue weighted by Crippen LogP contribution is 2.41. The molecule has 2 heterocycles. The van der Waals surface area contributed by atoms with Crippen LogP contribution in [0.25, 0.3) is 0 Å². The number of esters is 1. The molecule has 8 heteroatoms. The monoisotopic (exact) mass is 454 g/mol. The number of ether oxygens (including phenoxy) is 3. The highest BCUT2D eigenvalue weighted by molar-refractivity contribution is 8.15. The lowest BCUT2D eigenvalue weighted by Gasteiger charge is -2.46. The number of fused-ring (bicyclic) bond motifs is 1. The number of nitrogens with zero attached hydrogens (tertiary/aromatic N) is 2. The SMILES string of the molecule is COc1ccc(COC(=O)[C@@H](C(C)C)N2C(=O)[C@H]3N=C(COc4ccccc4)S[C@H]32)cc1. The van der Waals surface area contributed by atoms with Crippen LogP contribution in [0, 0.1) is 5.92 Å². The van der Waals surface area contributed by atoms with Crippen LogP contribution in [-0.2, 0) is 20.9 Å². The Hall–Kier alpha value is -3.00. The summed E-state index contributed by atoms with van der Waals surface area (Å²) in [5.74, 6) is 0.853. The van der Waals surface area contributed by atoms with Gasteiger partial charge in [0, 0.05) is 0 Å². The molecule has 2 aromatic carbocycles. The number of hydrogen-bond donors (Lipinski definition) is 0. The molecule has 1 fully saturated rings. The summed E-state index contributed by atoms with van der Waals surface area (Å²) in [4.78, 5) is 31.9. The largest absolute Gasteiger partial charge is 0.497 e. The average molecular weight is 455 g/mol. The van der Waals surface area contributed by atoms with Crippen LogP contribution in [0.15, 0.2) is 59.6 Å². The van der Waals surface area contributed by atoms with Gasteiger partial charge in [0.15, 0.2) is 6.04 Å². The second kappa shape index (κ2) is 9.65. The zero-order chi connectivity index (χ0) is 22.7. The highest BCUT2D eigenvalue weighted by Gasteiger charge is 2.57. The summed E-state index contributed by atoms with van der Waals surface area (Å²) in [6.45, 7) is 4.28. The molecule has 0 bridgehead atoms. The van der Waals surface area contributed by atoms with Crippen LogP contribution < -0.4 is 9.47 Å². The van der Waals surface area contributed by atoms with E-state index in [0.29, 0.717) is 6.61 Å². The van der Waals surface area contributed by atoms with Crippen LogP contribution in [0.1, 0.15) is 19.4 Å². The summed E-state index contributed by atoms with van der Waals surface area (Å²) in [5, 5.41) is 0.562. The lowest BCUT2D eigenvalue weighted by atomic mass is 9.96. The van der Waals surface area contributed by atoms with Gasteiger partial charge >= 0.3 is 5.97 Å². The predicted octanol–water partition coefficient (Wildman–Crippen LogP) is 3.52. The molecule has 4 rings (SSSR count). The number of carbonyl (C=O) groups excluding carboxylic acids is 2. The van der Waals surface area contributed by atoms with Crippen LogP contribution >= 0.6 is 11.8 Å². The third-order valence-corrected chi connectivity index (χ3v) is 6.63. The van der Waals surface area contributed by atoms with Crippen molar-refractivity contribution in [3.05, 3.63) is 60.2 Å². The number of methoxy groups -OCH3 is 1. The molecule has 0 spiro atoms. The van der Waals surface area contributed by atoms with E-state index in [-0.39, 0.29) is 23.8 Å². The highest BCUT2D eigenvalue weighted by atomic mass is 32.2. The van der Waals surface area contributed by atoms with E-state index in [1.807, 2.05) is 68.4 Å². The van der Waals surface area contributed by atoms with E-state index in [0.717, 1.165) is 22.1 Å². The Morgan fingerprint density at radius 1 is 1.06 bits per heavy atom. The first-order valence-electron chi connectivity index (χ1n) is 10.5. The minimum absolute atomic E-state index is 0.0894. The van der Waals surface area contributed by atoms with Crippen molar-refractivity contribution in [1.29, 1.82) is 0 Å². The summed E-state index contributed by atoms with van der Waals surface area (Å²) in [6, 6.07) is 15.7. The first kappa shape index (κ1) is 22.2. The molecule has 32 heavy (non-hydrogen) atoms. The molecular formula is C24H26N2O5S. The lowest BCUT2D eigenvalue weighted by Crippen LogP contribution is -2.67. The molecule has 2 aromatic rings. The fourth-order valence-electron chi connectivity index (χ4n) is 3.73. The van der Waals surface area contributed by atoms with Gasteiger partial charge in [0.2, 0.25) is 0 Å². The Morgan fingerprint density at radius 2 is 1.78 bits per heavy atom. The van der Waals surface area contributed by atoms with Gasteiger partial charge in [0.1, 0.15) is 41.2 Å². The molecular weight excluding hydrogens is 428 g/mol. The molecule has 0 radical (unpaired) electrons. The van der Waals surface area contributed by atoms with E-state index in [4.69, 9.17) is 14.2 Å². The van der Waals surface area contributed by atoms with E-state index in [1.165, 1.54) is 11.8 Å². The zero-order valence-electron chi connectivity index (χ0n) is 18.3. The van der Waals surface area contributed by atoms with E-state index in [9.17, 15) is 9.59 Å². The molecule has 0 saturated carbocycles. The number of benzene rings is 2. The third-order valence-electron chi connectivity index (χ3n) is 5.41. The van der Waals surface area contributed by atoms with E-state index < -0.39 is 18.1 Å². The maximum Gasteiger partial charge on any atom is 0.329 e. The van der Waals surface area contributed by atoms with Crippen molar-refractivity contribution >= 4 is 28.7 Å². The first-order valence-corrected chi connectivity index (χ1v) is 11.4. The quantitative estimate of drug-likeness (QED) is 0.426. The van der Waals surface area contributed by atoms with Crippen molar-refractivity contribution < 1.29 is 23.8 Å². The molecule has 2 aliphatic rings. The van der Waals surface area contributed by atoms with Crippen molar-refractivity contribution in [1.82, 2.24) is 4.90 Å². The van der Waals surface area contributed by atoms with Crippen molar-refractivity contribution in [3.8, 4) is 11.5 Å². The molecule has 0 unspecified atom stereocenters. The van der Waals surface area contributed by atoms with E-state index >= 15 is 0 Å². The van der Waals surface area contributed by atoms with Crippen LogP contribution in [-0.4, -0.2) is 53.0 Å². The van der Waals surface area contributed by atoms with Gasteiger partial charge in [0.25, 0.3) is 5.91 Å². The Kier molecular flexibility index (Phi) is 6.69. The molecule has 0 N–H and O–H groups in total. The number of hydrogen-bond acceptors (Lipinski definition) is 7. The van der Waals surface area contributed by atoms with Crippen LogP contribution in [0.4, 0.5) is 0 Å². The second-order valence-electron chi connectivity index (χ2n) is 7.97. The molecule has 0 aliphatic carbocycles. The Balaban J connectivity index is 1.35. The standard InChI is InChI=1S/C24H26N2O5S/c1-15(2)21(24(28)31-13-16-9-11-17(29-3)12-10-16)26-22(27)20-23(26)32-19(25-20)14-30-18-7-5-4-6-8-18/h4-12,15,20-21,23H,13-14H2,1-3H3/t20-,21-,23-/m1/s1. The molecule has 168 valence electrons. The topological polar surface area (TPSA) is 77.4 Å². The molecule has 7 nitrogen and oxygen atoms in total. The maximum absolute atomic E-state index is 12.9. The Labute approximate surface area is 191 Å². The predicted molar refractivity (Wildman–Crippen MR) is 123 cm³/mol. The van der Waals surface area contributed by atoms with Gasteiger partial charge in [-0.05, 0) is 35.7 Å². The molecule has 3 atom stereocenters. The van der Waals surface area contributed by atoms with Crippen molar-refractivity contribution in [2.24, 2.45) is 10.9 Å². The molecule has 0 aromatic heterocycles. The van der Waals surface area contributed by atoms with Gasteiger partial charge < -0.3 is 19.1 Å². The van der Waals surface area contributed by atoms with Crippen molar-refractivity contribution in [2.75, 3.05) is 13.7 Å². The first-order chi connectivity index (χ1) is 15.5. The number of β-lactam (4-membered cyclic amide) rings is 1. The van der Waals surface area contributed by atoms with Crippen LogP contribution in [0.5, 0.6) is 11.5 Å². The number of thioether (sulfide) groups is 1. The lowest BCUT2D eigenvalue weighted by molar-refractivity contribution is -0.166. The van der Waals surface area contributed by atoms with E-state index in [2.05, 4.69) is 4.99 Å². The number of rotatable bonds is 9. The summed E-state index contributed by atoms with van der Waals surface area (Å²) in [7, 11) is 1.60. The van der Waals surface area contributed by atoms with Crippen molar-refractivity contribution in [3.63, 3.8) is 0 Å². The van der Waals surface area contributed by atoms with Gasteiger partial charge in [-0.3, -0.25) is 9.79 Å². The van der Waals surface area contributed by atoms with Gasteiger partial charge in [-0.25, -0.2) is 4.79 Å². The smallest absolute Gasteiger partial charge is 0.329 e. The Morgan fingerprint density at radius 3 is 2.44 bits per heavy atom. The number of aliphatic imine (C=N–C) groups is 1. The Bertz CT molecular complexity index is 993.